The molecule has 2 rings (SSSR count). The Labute approximate surface area is 147 Å². The molecule has 0 saturated heterocycles. The standard InChI is InChI=1S/C16H22ClN3O2S/c1-10-5-3-4-6-13(10)18-16(23)20-19-15(21)12-9-11(17)7-8-14(12)22-2/h7-10,13H,3-6H2,1-2H3,(H,19,21)(H2,18,20,23)/t10-,13+/m0/s1. The molecule has 23 heavy (non-hydrogen) atoms. The minimum absolute atomic E-state index is 0.348. The summed E-state index contributed by atoms with van der Waals surface area (Å²) in [6.45, 7) is 2.22. The average Bonchev–Trinajstić information content (AvgIpc) is 2.54. The number of halogens is 1. The molecule has 0 spiro atoms. The van der Waals surface area contributed by atoms with Gasteiger partial charge in [-0.3, -0.25) is 15.6 Å². The fourth-order valence-electron chi connectivity index (χ4n) is 2.77. The molecule has 1 aliphatic rings. The lowest BCUT2D eigenvalue weighted by atomic mass is 9.86. The van der Waals surface area contributed by atoms with Gasteiger partial charge in [0, 0.05) is 11.1 Å². The summed E-state index contributed by atoms with van der Waals surface area (Å²) in [5, 5.41) is 4.14. The van der Waals surface area contributed by atoms with Crippen LogP contribution in [0, 0.1) is 5.92 Å². The van der Waals surface area contributed by atoms with Crippen LogP contribution in [0.5, 0.6) is 5.75 Å². The molecule has 0 radical (unpaired) electrons. The molecule has 1 saturated carbocycles. The second kappa shape index (κ2) is 8.36. The Morgan fingerprint density at radius 2 is 2.04 bits per heavy atom. The summed E-state index contributed by atoms with van der Waals surface area (Å²) in [6.07, 6.45) is 4.77. The van der Waals surface area contributed by atoms with Crippen LogP contribution < -0.4 is 20.9 Å². The molecule has 3 N–H and O–H groups in total. The van der Waals surface area contributed by atoms with Crippen LogP contribution in [0.15, 0.2) is 18.2 Å². The van der Waals surface area contributed by atoms with Crippen LogP contribution in [0.25, 0.3) is 0 Å². The number of ether oxygens (including phenoxy) is 1. The summed E-state index contributed by atoms with van der Waals surface area (Å²) in [5.41, 5.74) is 5.66. The molecule has 1 fully saturated rings. The van der Waals surface area contributed by atoms with E-state index in [4.69, 9.17) is 28.6 Å². The number of hydrogen-bond acceptors (Lipinski definition) is 3. The minimum Gasteiger partial charge on any atom is -0.496 e. The zero-order chi connectivity index (χ0) is 16.8. The first-order valence-electron chi connectivity index (χ1n) is 7.71. The molecule has 0 bridgehead atoms. The Morgan fingerprint density at radius 3 is 2.74 bits per heavy atom. The van der Waals surface area contributed by atoms with Gasteiger partial charge in [-0.05, 0) is 49.2 Å². The number of benzene rings is 1. The first-order valence-corrected chi connectivity index (χ1v) is 8.50. The second-order valence-corrected chi connectivity index (χ2v) is 6.61. The van der Waals surface area contributed by atoms with E-state index in [0.29, 0.717) is 33.4 Å². The lowest BCUT2D eigenvalue weighted by molar-refractivity contribution is 0.0940. The van der Waals surface area contributed by atoms with Crippen molar-refractivity contribution in [1.29, 1.82) is 0 Å². The van der Waals surface area contributed by atoms with Gasteiger partial charge in [0.25, 0.3) is 5.91 Å². The maximum absolute atomic E-state index is 12.2. The van der Waals surface area contributed by atoms with Crippen LogP contribution in [0.2, 0.25) is 5.02 Å². The highest BCUT2D eigenvalue weighted by Crippen LogP contribution is 2.24. The van der Waals surface area contributed by atoms with Gasteiger partial charge in [-0.15, -0.1) is 0 Å². The number of rotatable bonds is 3. The molecule has 1 aromatic carbocycles. The lowest BCUT2D eigenvalue weighted by Gasteiger charge is -2.30. The van der Waals surface area contributed by atoms with E-state index in [1.165, 1.54) is 26.4 Å². The fourth-order valence-corrected chi connectivity index (χ4v) is 3.15. The highest BCUT2D eigenvalue weighted by Gasteiger charge is 2.22. The van der Waals surface area contributed by atoms with Gasteiger partial charge in [-0.2, -0.15) is 0 Å². The molecule has 126 valence electrons. The first-order chi connectivity index (χ1) is 11.0. The predicted molar refractivity (Wildman–Crippen MR) is 95.8 cm³/mol. The number of carbonyl (C=O) groups is 1. The number of hydrazine groups is 1. The molecular weight excluding hydrogens is 334 g/mol. The molecule has 1 aliphatic carbocycles. The number of thiocarbonyl (C=S) groups is 1. The average molecular weight is 356 g/mol. The van der Waals surface area contributed by atoms with Gasteiger partial charge < -0.3 is 10.1 Å². The van der Waals surface area contributed by atoms with Crippen molar-refractivity contribution in [1.82, 2.24) is 16.2 Å². The zero-order valence-electron chi connectivity index (χ0n) is 13.3. The Bertz CT molecular complexity index is 582. The molecular formula is C16H22ClN3O2S. The number of hydrogen-bond donors (Lipinski definition) is 3. The molecule has 1 amide bonds. The Kier molecular flexibility index (Phi) is 6.47. The highest BCUT2D eigenvalue weighted by atomic mass is 35.5. The van der Waals surface area contributed by atoms with E-state index < -0.39 is 0 Å². The van der Waals surface area contributed by atoms with E-state index in [1.54, 1.807) is 18.2 Å². The summed E-state index contributed by atoms with van der Waals surface area (Å²) < 4.78 is 5.17. The second-order valence-electron chi connectivity index (χ2n) is 5.77. The molecule has 0 aromatic heterocycles. The van der Waals surface area contributed by atoms with E-state index in [2.05, 4.69) is 23.1 Å². The van der Waals surface area contributed by atoms with E-state index in [0.717, 1.165) is 6.42 Å². The first kappa shape index (κ1) is 17.8. The van der Waals surface area contributed by atoms with Gasteiger partial charge in [0.1, 0.15) is 5.75 Å². The third-order valence-electron chi connectivity index (χ3n) is 4.12. The summed E-state index contributed by atoms with van der Waals surface area (Å²) in [6, 6.07) is 5.22. The normalized spacial score (nSPS) is 20.5. The number of methoxy groups -OCH3 is 1. The highest BCUT2D eigenvalue weighted by molar-refractivity contribution is 7.80. The van der Waals surface area contributed by atoms with Crippen molar-refractivity contribution in [3.05, 3.63) is 28.8 Å². The number of amides is 1. The molecule has 2 atom stereocenters. The number of nitrogens with one attached hydrogen (secondary N) is 3. The summed E-state index contributed by atoms with van der Waals surface area (Å²) in [7, 11) is 1.50. The van der Waals surface area contributed by atoms with Gasteiger partial charge in [0.15, 0.2) is 5.11 Å². The van der Waals surface area contributed by atoms with E-state index in [1.807, 2.05) is 0 Å². The van der Waals surface area contributed by atoms with E-state index >= 15 is 0 Å². The third kappa shape index (κ3) is 4.97. The van der Waals surface area contributed by atoms with E-state index in [9.17, 15) is 4.79 Å². The topological polar surface area (TPSA) is 62.4 Å². The van der Waals surface area contributed by atoms with Crippen LogP contribution >= 0.6 is 23.8 Å². The third-order valence-corrected chi connectivity index (χ3v) is 4.58. The SMILES string of the molecule is COc1ccc(Cl)cc1C(=O)NNC(=S)N[C@@H]1CCCC[C@@H]1C. The molecule has 7 heteroatoms. The van der Waals surface area contributed by atoms with Crippen molar-refractivity contribution in [3.63, 3.8) is 0 Å². The van der Waals surface area contributed by atoms with Crippen LogP contribution in [0.3, 0.4) is 0 Å². The Balaban J connectivity index is 1.88. The smallest absolute Gasteiger partial charge is 0.273 e. The van der Waals surface area contributed by atoms with Crippen molar-refractivity contribution >= 4 is 34.8 Å². The molecule has 5 nitrogen and oxygen atoms in total. The Morgan fingerprint density at radius 1 is 1.30 bits per heavy atom. The Hall–Kier alpha value is -1.53. The quantitative estimate of drug-likeness (QED) is 0.574. The fraction of sp³-hybridized carbons (Fsp3) is 0.500. The summed E-state index contributed by atoms with van der Waals surface area (Å²) in [4.78, 5) is 12.2. The van der Waals surface area contributed by atoms with Crippen molar-refractivity contribution in [2.75, 3.05) is 7.11 Å². The summed E-state index contributed by atoms with van der Waals surface area (Å²) in [5.74, 6) is 0.672. The molecule has 0 aliphatic heterocycles. The maximum atomic E-state index is 12.2. The van der Waals surface area contributed by atoms with Gasteiger partial charge >= 0.3 is 0 Å². The zero-order valence-corrected chi connectivity index (χ0v) is 14.9. The predicted octanol–water partition coefficient (Wildman–Crippen LogP) is 3.04. The van der Waals surface area contributed by atoms with Crippen LogP contribution in [0.4, 0.5) is 0 Å². The molecule has 1 aromatic rings. The largest absolute Gasteiger partial charge is 0.496 e. The monoisotopic (exact) mass is 355 g/mol. The van der Waals surface area contributed by atoms with Crippen molar-refractivity contribution in [2.24, 2.45) is 5.92 Å². The van der Waals surface area contributed by atoms with Crippen molar-refractivity contribution in [2.45, 2.75) is 38.6 Å². The van der Waals surface area contributed by atoms with Crippen molar-refractivity contribution in [3.8, 4) is 5.75 Å². The maximum Gasteiger partial charge on any atom is 0.273 e. The summed E-state index contributed by atoms with van der Waals surface area (Å²) >= 11 is 11.2. The van der Waals surface area contributed by atoms with Crippen LogP contribution in [-0.4, -0.2) is 24.2 Å². The molecule has 0 unspecified atom stereocenters. The van der Waals surface area contributed by atoms with Gasteiger partial charge in [-0.1, -0.05) is 31.4 Å². The van der Waals surface area contributed by atoms with Gasteiger partial charge in [0.2, 0.25) is 0 Å². The van der Waals surface area contributed by atoms with Crippen LogP contribution in [0.1, 0.15) is 43.0 Å². The lowest BCUT2D eigenvalue weighted by Crippen LogP contribution is -2.51. The van der Waals surface area contributed by atoms with Crippen LogP contribution in [-0.2, 0) is 0 Å². The minimum atomic E-state index is -0.356. The number of carbonyl (C=O) groups excluding carboxylic acids is 1. The molecule has 0 heterocycles. The van der Waals surface area contributed by atoms with E-state index in [-0.39, 0.29) is 5.91 Å². The van der Waals surface area contributed by atoms with Gasteiger partial charge in [0.05, 0.1) is 12.7 Å². The van der Waals surface area contributed by atoms with Crippen molar-refractivity contribution < 1.29 is 9.53 Å². The van der Waals surface area contributed by atoms with Gasteiger partial charge in [-0.25, -0.2) is 0 Å².